The Morgan fingerprint density at radius 3 is 2.90 bits per heavy atom. The van der Waals surface area contributed by atoms with Gasteiger partial charge in [0.2, 0.25) is 0 Å². The van der Waals surface area contributed by atoms with Crippen molar-refractivity contribution in [3.05, 3.63) is 56.4 Å². The van der Waals surface area contributed by atoms with Crippen LogP contribution < -0.4 is 5.32 Å². The Balaban J connectivity index is 1.73. The molecule has 2 nitrogen and oxygen atoms in total. The standard InChI is InChI=1S/C14H9BrFNOS2/c15-9-1-2-10(16)8(5-9)7-17-14(18)13-6-12-11(20-13)3-4-19-12/h1-6H,7H2,(H,17,18). The lowest BCUT2D eigenvalue weighted by molar-refractivity contribution is 0.0954. The highest BCUT2D eigenvalue weighted by atomic mass is 79.9. The molecule has 1 N–H and O–H groups in total. The number of carbonyl (C=O) groups excluding carboxylic acids is 1. The predicted molar refractivity (Wildman–Crippen MR) is 85.0 cm³/mol. The van der Waals surface area contributed by atoms with Gasteiger partial charge in [-0.25, -0.2) is 4.39 Å². The van der Waals surface area contributed by atoms with Gasteiger partial charge in [0.15, 0.2) is 0 Å². The molecular formula is C14H9BrFNOS2. The largest absolute Gasteiger partial charge is 0.347 e. The third-order valence-corrected chi connectivity index (χ3v) is 5.40. The van der Waals surface area contributed by atoms with Crippen LogP contribution in [0.1, 0.15) is 15.2 Å². The van der Waals surface area contributed by atoms with E-state index in [1.54, 1.807) is 23.5 Å². The SMILES string of the molecule is O=C(NCc1cc(Br)ccc1F)c1cc2sccc2s1. The molecule has 6 heteroatoms. The highest BCUT2D eigenvalue weighted by molar-refractivity contribution is 9.10. The molecule has 1 aromatic carbocycles. The Labute approximate surface area is 131 Å². The fourth-order valence-corrected chi connectivity index (χ4v) is 4.25. The number of fused-ring (bicyclic) bond motifs is 1. The smallest absolute Gasteiger partial charge is 0.261 e. The molecular weight excluding hydrogens is 361 g/mol. The van der Waals surface area contributed by atoms with Crippen molar-refractivity contribution < 1.29 is 9.18 Å². The molecule has 2 aromatic heterocycles. The zero-order valence-corrected chi connectivity index (χ0v) is 13.4. The van der Waals surface area contributed by atoms with Crippen LogP contribution in [0, 0.1) is 5.82 Å². The van der Waals surface area contributed by atoms with E-state index in [0.29, 0.717) is 10.4 Å². The first-order valence-corrected chi connectivity index (χ1v) is 8.31. The van der Waals surface area contributed by atoms with Gasteiger partial charge < -0.3 is 5.32 Å². The summed E-state index contributed by atoms with van der Waals surface area (Å²) in [5.74, 6) is -0.488. The Kier molecular flexibility index (Phi) is 3.87. The molecule has 0 fully saturated rings. The van der Waals surface area contributed by atoms with Gasteiger partial charge in [-0.3, -0.25) is 4.79 Å². The van der Waals surface area contributed by atoms with Crippen LogP contribution in [0.2, 0.25) is 0 Å². The van der Waals surface area contributed by atoms with Crippen molar-refractivity contribution in [2.24, 2.45) is 0 Å². The Bertz CT molecular complexity index is 752. The van der Waals surface area contributed by atoms with Gasteiger partial charge in [-0.1, -0.05) is 15.9 Å². The quantitative estimate of drug-likeness (QED) is 0.706. The molecule has 2 heterocycles. The third kappa shape index (κ3) is 2.77. The van der Waals surface area contributed by atoms with Gasteiger partial charge in [0, 0.05) is 26.0 Å². The summed E-state index contributed by atoms with van der Waals surface area (Å²) in [6.45, 7) is 0.176. The summed E-state index contributed by atoms with van der Waals surface area (Å²) in [6, 6.07) is 8.55. The van der Waals surface area contributed by atoms with E-state index in [4.69, 9.17) is 0 Å². The lowest BCUT2D eigenvalue weighted by Crippen LogP contribution is -2.22. The maximum absolute atomic E-state index is 13.6. The fraction of sp³-hybridized carbons (Fsp3) is 0.0714. The number of halogens is 2. The number of hydrogen-bond donors (Lipinski definition) is 1. The van der Waals surface area contributed by atoms with E-state index in [2.05, 4.69) is 21.2 Å². The van der Waals surface area contributed by atoms with E-state index in [0.717, 1.165) is 13.9 Å². The van der Waals surface area contributed by atoms with E-state index >= 15 is 0 Å². The van der Waals surface area contributed by atoms with Crippen molar-refractivity contribution in [1.82, 2.24) is 5.32 Å². The predicted octanol–water partition coefficient (Wildman–Crippen LogP) is 4.79. The van der Waals surface area contributed by atoms with Crippen LogP contribution in [-0.2, 0) is 6.54 Å². The van der Waals surface area contributed by atoms with Gasteiger partial charge >= 0.3 is 0 Å². The lowest BCUT2D eigenvalue weighted by Gasteiger charge is -2.05. The average Bonchev–Trinajstić information content (AvgIpc) is 3.00. The van der Waals surface area contributed by atoms with E-state index in [1.807, 2.05) is 17.5 Å². The first-order valence-electron chi connectivity index (χ1n) is 5.82. The molecule has 0 bridgehead atoms. The van der Waals surface area contributed by atoms with E-state index in [1.165, 1.54) is 17.4 Å². The Morgan fingerprint density at radius 2 is 2.10 bits per heavy atom. The number of nitrogens with one attached hydrogen (secondary N) is 1. The molecule has 0 atom stereocenters. The molecule has 20 heavy (non-hydrogen) atoms. The Hall–Kier alpha value is -1.24. The minimum Gasteiger partial charge on any atom is -0.347 e. The first-order chi connectivity index (χ1) is 9.63. The number of hydrogen-bond acceptors (Lipinski definition) is 3. The van der Waals surface area contributed by atoms with Crippen LogP contribution in [0.3, 0.4) is 0 Å². The number of amides is 1. The van der Waals surface area contributed by atoms with E-state index in [-0.39, 0.29) is 18.3 Å². The minimum absolute atomic E-state index is 0.169. The van der Waals surface area contributed by atoms with Crippen LogP contribution in [0.25, 0.3) is 9.40 Å². The van der Waals surface area contributed by atoms with Crippen molar-refractivity contribution in [2.75, 3.05) is 0 Å². The molecule has 0 spiro atoms. The summed E-state index contributed by atoms with van der Waals surface area (Å²) in [4.78, 5) is 12.7. The second-order valence-electron chi connectivity index (χ2n) is 4.18. The van der Waals surface area contributed by atoms with Crippen LogP contribution in [-0.4, -0.2) is 5.91 Å². The maximum atomic E-state index is 13.6. The van der Waals surface area contributed by atoms with Gasteiger partial charge in [-0.05, 0) is 35.7 Å². The molecule has 3 rings (SSSR count). The van der Waals surface area contributed by atoms with Crippen molar-refractivity contribution in [2.45, 2.75) is 6.54 Å². The minimum atomic E-state index is -0.319. The van der Waals surface area contributed by atoms with Gasteiger partial charge in [-0.2, -0.15) is 0 Å². The first kappa shape index (κ1) is 13.7. The second-order valence-corrected chi connectivity index (χ2v) is 7.13. The molecule has 0 aliphatic heterocycles. The highest BCUT2D eigenvalue weighted by Gasteiger charge is 2.11. The number of thiophene rings is 2. The van der Waals surface area contributed by atoms with Crippen molar-refractivity contribution in [3.8, 4) is 0 Å². The zero-order chi connectivity index (χ0) is 14.1. The van der Waals surface area contributed by atoms with E-state index in [9.17, 15) is 9.18 Å². The summed E-state index contributed by atoms with van der Waals surface area (Å²) in [6.07, 6.45) is 0. The van der Waals surface area contributed by atoms with Crippen LogP contribution in [0.4, 0.5) is 4.39 Å². The molecule has 0 saturated heterocycles. The highest BCUT2D eigenvalue weighted by Crippen LogP contribution is 2.29. The molecule has 0 radical (unpaired) electrons. The fourth-order valence-electron chi connectivity index (χ4n) is 1.82. The van der Waals surface area contributed by atoms with Crippen LogP contribution in [0.5, 0.6) is 0 Å². The molecule has 1 amide bonds. The van der Waals surface area contributed by atoms with Crippen molar-refractivity contribution >= 4 is 53.9 Å². The molecule has 0 aliphatic carbocycles. The number of benzene rings is 1. The van der Waals surface area contributed by atoms with Crippen LogP contribution in [0.15, 0.2) is 40.2 Å². The van der Waals surface area contributed by atoms with Gasteiger partial charge in [0.1, 0.15) is 5.82 Å². The van der Waals surface area contributed by atoms with Gasteiger partial charge in [0.25, 0.3) is 5.91 Å². The van der Waals surface area contributed by atoms with Crippen molar-refractivity contribution in [3.63, 3.8) is 0 Å². The monoisotopic (exact) mass is 369 g/mol. The molecule has 3 aromatic rings. The molecule has 0 saturated carbocycles. The average molecular weight is 370 g/mol. The summed E-state index contributed by atoms with van der Waals surface area (Å²) in [5.41, 5.74) is 0.464. The topological polar surface area (TPSA) is 29.1 Å². The number of carbonyl (C=O) groups is 1. The summed E-state index contributed by atoms with van der Waals surface area (Å²) in [5, 5.41) is 4.75. The summed E-state index contributed by atoms with van der Waals surface area (Å²) in [7, 11) is 0. The van der Waals surface area contributed by atoms with Gasteiger partial charge in [0.05, 0.1) is 4.88 Å². The van der Waals surface area contributed by atoms with Gasteiger partial charge in [-0.15, -0.1) is 22.7 Å². The van der Waals surface area contributed by atoms with Crippen LogP contribution >= 0.6 is 38.6 Å². The molecule has 102 valence electrons. The molecule has 0 unspecified atom stereocenters. The zero-order valence-electron chi connectivity index (χ0n) is 10.2. The Morgan fingerprint density at radius 1 is 1.25 bits per heavy atom. The second kappa shape index (κ2) is 5.63. The number of rotatable bonds is 3. The molecule has 0 aliphatic rings. The lowest BCUT2D eigenvalue weighted by atomic mass is 10.2. The normalized spacial score (nSPS) is 10.9. The summed E-state index contributed by atoms with van der Waals surface area (Å²) < 4.78 is 16.6. The maximum Gasteiger partial charge on any atom is 0.261 e. The summed E-state index contributed by atoms with van der Waals surface area (Å²) >= 11 is 6.35. The van der Waals surface area contributed by atoms with E-state index < -0.39 is 0 Å². The van der Waals surface area contributed by atoms with Crippen molar-refractivity contribution in [1.29, 1.82) is 0 Å². The third-order valence-electron chi connectivity index (χ3n) is 2.81.